The number of sulfonamides is 1. The second kappa shape index (κ2) is 5.16. The first-order valence-corrected chi connectivity index (χ1v) is 6.86. The lowest BCUT2D eigenvalue weighted by molar-refractivity contribution is 0.589. The fourth-order valence-corrected chi connectivity index (χ4v) is 1.88. The van der Waals surface area contributed by atoms with Crippen LogP contribution in [0.4, 0.5) is 5.82 Å². The molecular weight excluding hydrogens is 242 g/mol. The lowest BCUT2D eigenvalue weighted by Gasteiger charge is -2.07. The summed E-state index contributed by atoms with van der Waals surface area (Å²) in [5.41, 5.74) is 1.13. The summed E-state index contributed by atoms with van der Waals surface area (Å²) in [6.45, 7) is 2.40. The third-order valence-corrected chi connectivity index (χ3v) is 2.84. The molecule has 0 aliphatic carbocycles. The van der Waals surface area contributed by atoms with Gasteiger partial charge < -0.3 is 5.32 Å². The average Bonchev–Trinajstić information content (AvgIpc) is 2.46. The Bertz CT molecular complexity index is 540. The van der Waals surface area contributed by atoms with Crippen LogP contribution in [0.3, 0.4) is 0 Å². The molecule has 94 valence electrons. The molecule has 0 aliphatic rings. The van der Waals surface area contributed by atoms with Gasteiger partial charge in [0.05, 0.1) is 11.9 Å². The summed E-state index contributed by atoms with van der Waals surface area (Å²) in [7, 11) is -1.45. The van der Waals surface area contributed by atoms with Crippen molar-refractivity contribution >= 4 is 15.8 Å². The minimum atomic E-state index is -3.18. The quantitative estimate of drug-likeness (QED) is 0.697. The second-order valence-corrected chi connectivity index (χ2v) is 5.47. The molecule has 0 aromatic carbocycles. The number of hydrogen-bond donors (Lipinski definition) is 2. The number of anilines is 1. The first-order valence-electron chi connectivity index (χ1n) is 4.97. The number of hydrogen-bond acceptors (Lipinski definition) is 5. The Balaban J connectivity index is 2.62. The molecule has 0 fully saturated rings. The highest BCUT2D eigenvalue weighted by atomic mass is 32.2. The fourth-order valence-electron chi connectivity index (χ4n) is 1.41. The maximum Gasteiger partial charge on any atom is 0.208 e. The normalized spacial score (nSPS) is 11.2. The minimum Gasteiger partial charge on any atom is -0.368 e. The Morgan fingerprint density at radius 3 is 2.65 bits per heavy atom. The molecule has 2 N–H and O–H groups in total. The summed E-state index contributed by atoms with van der Waals surface area (Å²) < 4.78 is 25.6. The smallest absolute Gasteiger partial charge is 0.208 e. The highest BCUT2D eigenvalue weighted by Gasteiger charge is 2.11. The van der Waals surface area contributed by atoms with Crippen molar-refractivity contribution in [2.45, 2.75) is 6.92 Å². The molecule has 0 saturated carbocycles. The minimum absolute atomic E-state index is 0.258. The summed E-state index contributed by atoms with van der Waals surface area (Å²) >= 11 is 0. The standard InChI is InChI=1S/C9H15N5O2S/c1-7-8(6-10)9(14(2)13-7)11-4-5-12-17(3,15)16/h11-12H,4-5H2,1-3H3. The van der Waals surface area contributed by atoms with Crippen LogP contribution < -0.4 is 10.0 Å². The third-order valence-electron chi connectivity index (χ3n) is 2.12. The first kappa shape index (κ1) is 13.5. The van der Waals surface area contributed by atoms with Gasteiger partial charge in [0.15, 0.2) is 0 Å². The highest BCUT2D eigenvalue weighted by Crippen LogP contribution is 2.16. The van der Waals surface area contributed by atoms with Crippen LogP contribution in [0.25, 0.3) is 0 Å². The van der Waals surface area contributed by atoms with Crippen LogP contribution in [0.1, 0.15) is 11.3 Å². The molecule has 1 aromatic rings. The van der Waals surface area contributed by atoms with Gasteiger partial charge in [-0.15, -0.1) is 0 Å². The maximum absolute atomic E-state index is 10.8. The van der Waals surface area contributed by atoms with Crippen LogP contribution >= 0.6 is 0 Å². The number of nitrogens with zero attached hydrogens (tertiary/aromatic N) is 3. The molecule has 0 amide bonds. The molecule has 1 rings (SSSR count). The monoisotopic (exact) mass is 257 g/mol. The van der Waals surface area contributed by atoms with E-state index >= 15 is 0 Å². The molecule has 0 radical (unpaired) electrons. The lowest BCUT2D eigenvalue weighted by Crippen LogP contribution is -2.28. The van der Waals surface area contributed by atoms with E-state index in [1.54, 1.807) is 18.7 Å². The van der Waals surface area contributed by atoms with Gasteiger partial charge >= 0.3 is 0 Å². The van der Waals surface area contributed by atoms with Crippen LogP contribution in [0.5, 0.6) is 0 Å². The second-order valence-electron chi connectivity index (χ2n) is 3.64. The highest BCUT2D eigenvalue weighted by molar-refractivity contribution is 7.88. The summed E-state index contributed by atoms with van der Waals surface area (Å²) in [4.78, 5) is 0. The van der Waals surface area contributed by atoms with E-state index in [4.69, 9.17) is 5.26 Å². The van der Waals surface area contributed by atoms with Crippen LogP contribution in [-0.4, -0.2) is 37.5 Å². The predicted molar refractivity (Wildman–Crippen MR) is 64.0 cm³/mol. The van der Waals surface area contributed by atoms with Crippen molar-refractivity contribution in [3.8, 4) is 6.07 Å². The van der Waals surface area contributed by atoms with E-state index in [1.807, 2.05) is 0 Å². The Morgan fingerprint density at radius 1 is 1.47 bits per heavy atom. The van der Waals surface area contributed by atoms with Gasteiger partial charge in [-0.25, -0.2) is 13.1 Å². The van der Waals surface area contributed by atoms with Crippen molar-refractivity contribution in [3.63, 3.8) is 0 Å². The molecule has 17 heavy (non-hydrogen) atoms. The van der Waals surface area contributed by atoms with Crippen molar-refractivity contribution < 1.29 is 8.42 Å². The molecule has 0 bridgehead atoms. The zero-order chi connectivity index (χ0) is 13.1. The lowest BCUT2D eigenvalue weighted by atomic mass is 10.2. The molecule has 1 heterocycles. The molecular formula is C9H15N5O2S. The fraction of sp³-hybridized carbons (Fsp3) is 0.556. The summed E-state index contributed by atoms with van der Waals surface area (Å²) in [6, 6.07) is 2.06. The van der Waals surface area contributed by atoms with Gasteiger partial charge in [-0.3, -0.25) is 4.68 Å². The predicted octanol–water partition coefficient (Wildman–Crippen LogP) is -0.439. The summed E-state index contributed by atoms with van der Waals surface area (Å²) in [6.07, 6.45) is 1.10. The number of nitriles is 1. The van der Waals surface area contributed by atoms with E-state index in [-0.39, 0.29) is 6.54 Å². The van der Waals surface area contributed by atoms with E-state index in [0.29, 0.717) is 23.6 Å². The molecule has 0 atom stereocenters. The first-order chi connectivity index (χ1) is 7.85. The molecule has 8 heteroatoms. The van der Waals surface area contributed by atoms with Gasteiger partial charge in [-0.05, 0) is 6.92 Å². The van der Waals surface area contributed by atoms with Crippen molar-refractivity contribution in [2.75, 3.05) is 24.7 Å². The van der Waals surface area contributed by atoms with E-state index < -0.39 is 10.0 Å². The van der Waals surface area contributed by atoms with E-state index in [2.05, 4.69) is 21.2 Å². The van der Waals surface area contributed by atoms with Crippen LogP contribution in [0.2, 0.25) is 0 Å². The Hall–Kier alpha value is -1.59. The van der Waals surface area contributed by atoms with Crippen molar-refractivity contribution in [2.24, 2.45) is 7.05 Å². The van der Waals surface area contributed by atoms with Gasteiger partial charge in [-0.2, -0.15) is 10.4 Å². The van der Waals surface area contributed by atoms with Crippen LogP contribution in [0, 0.1) is 18.3 Å². The SMILES string of the molecule is Cc1nn(C)c(NCCNS(C)(=O)=O)c1C#N. The number of aromatic nitrogens is 2. The average molecular weight is 257 g/mol. The molecule has 0 spiro atoms. The molecule has 7 nitrogen and oxygen atoms in total. The summed E-state index contributed by atoms with van der Waals surface area (Å²) in [5, 5.41) is 16.0. The largest absolute Gasteiger partial charge is 0.368 e. The van der Waals surface area contributed by atoms with E-state index in [0.717, 1.165) is 6.26 Å². The van der Waals surface area contributed by atoms with Crippen LogP contribution in [-0.2, 0) is 17.1 Å². The topological polar surface area (TPSA) is 99.8 Å². The third kappa shape index (κ3) is 3.72. The van der Waals surface area contributed by atoms with Crippen LogP contribution in [0.15, 0.2) is 0 Å². The van der Waals surface area contributed by atoms with Gasteiger partial charge in [0.25, 0.3) is 0 Å². The van der Waals surface area contributed by atoms with E-state index in [1.165, 1.54) is 0 Å². The number of rotatable bonds is 5. The Labute approximate surface area is 100 Å². The molecule has 0 aliphatic heterocycles. The number of nitrogens with one attached hydrogen (secondary N) is 2. The Morgan fingerprint density at radius 2 is 2.12 bits per heavy atom. The van der Waals surface area contributed by atoms with Crippen molar-refractivity contribution in [3.05, 3.63) is 11.3 Å². The van der Waals surface area contributed by atoms with Gasteiger partial charge in [-0.1, -0.05) is 0 Å². The molecule has 0 unspecified atom stereocenters. The maximum atomic E-state index is 10.8. The van der Waals surface area contributed by atoms with Gasteiger partial charge in [0.2, 0.25) is 10.0 Å². The molecule has 1 aromatic heterocycles. The Kier molecular flexibility index (Phi) is 4.09. The van der Waals surface area contributed by atoms with Crippen molar-refractivity contribution in [1.29, 1.82) is 5.26 Å². The van der Waals surface area contributed by atoms with Crippen molar-refractivity contribution in [1.82, 2.24) is 14.5 Å². The van der Waals surface area contributed by atoms with E-state index in [9.17, 15) is 8.42 Å². The zero-order valence-electron chi connectivity index (χ0n) is 9.98. The molecule has 0 saturated heterocycles. The summed E-state index contributed by atoms with van der Waals surface area (Å²) in [5.74, 6) is 0.598. The van der Waals surface area contributed by atoms with Gasteiger partial charge in [0.1, 0.15) is 17.5 Å². The van der Waals surface area contributed by atoms with Gasteiger partial charge in [0, 0.05) is 20.1 Å². The number of aryl methyl sites for hydroxylation is 2. The zero-order valence-corrected chi connectivity index (χ0v) is 10.8.